The van der Waals surface area contributed by atoms with Gasteiger partial charge >= 0.3 is 6.18 Å². The summed E-state index contributed by atoms with van der Waals surface area (Å²) in [5.74, 6) is -0.242. The van der Waals surface area contributed by atoms with E-state index < -0.39 is 11.7 Å². The third kappa shape index (κ3) is 5.59. The Morgan fingerprint density at radius 2 is 1.97 bits per heavy atom. The van der Waals surface area contributed by atoms with Crippen LogP contribution in [0, 0.1) is 6.92 Å². The predicted octanol–water partition coefficient (Wildman–Crippen LogP) is 5.65. The van der Waals surface area contributed by atoms with Gasteiger partial charge < -0.3 is 9.88 Å². The highest BCUT2D eigenvalue weighted by Gasteiger charge is 2.37. The van der Waals surface area contributed by atoms with Gasteiger partial charge in [0.2, 0.25) is 0 Å². The van der Waals surface area contributed by atoms with Gasteiger partial charge in [-0.15, -0.1) is 0 Å². The molecule has 0 saturated heterocycles. The zero-order valence-corrected chi connectivity index (χ0v) is 19.8. The van der Waals surface area contributed by atoms with Gasteiger partial charge in [-0.05, 0) is 42.6 Å². The fraction of sp³-hybridized carbons (Fsp3) is 0.333. The lowest BCUT2D eigenvalue weighted by molar-refractivity contribution is -0.0926. The lowest BCUT2D eigenvalue weighted by Crippen LogP contribution is -2.25. The number of carbonyl (C=O) groups excluding carboxylic acids is 1. The van der Waals surface area contributed by atoms with E-state index in [1.807, 2.05) is 51.1 Å². The van der Waals surface area contributed by atoms with Crippen LogP contribution in [0.4, 0.5) is 13.2 Å². The third-order valence-corrected chi connectivity index (χ3v) is 6.52. The molecule has 0 bridgehead atoms. The van der Waals surface area contributed by atoms with Gasteiger partial charge in [-0.2, -0.15) is 13.2 Å². The molecule has 1 amide bonds. The van der Waals surface area contributed by atoms with Gasteiger partial charge in [0, 0.05) is 54.4 Å². The maximum Gasteiger partial charge on any atom is 0.413 e. The molecule has 9 heteroatoms. The van der Waals surface area contributed by atoms with Crippen molar-refractivity contribution in [3.05, 3.63) is 71.2 Å². The normalized spacial score (nSPS) is 14.1. The van der Waals surface area contributed by atoms with Crippen molar-refractivity contribution >= 4 is 28.8 Å². The Bertz CT molecular complexity index is 1160. The molecule has 4 rings (SSSR count). The summed E-state index contributed by atoms with van der Waals surface area (Å²) in [4.78, 5) is 17.9. The molecule has 1 aliphatic heterocycles. The average Bonchev–Trinajstić information content (AvgIpc) is 3.39. The van der Waals surface area contributed by atoms with E-state index in [-0.39, 0.29) is 19.0 Å². The molecule has 0 atom stereocenters. The number of hydrogen-bond donors (Lipinski definition) is 1. The van der Waals surface area contributed by atoms with E-state index in [0.29, 0.717) is 12.2 Å². The number of nitrogens with zero attached hydrogens (tertiary/aromatic N) is 3. The first-order valence-electron chi connectivity index (χ1n) is 10.7. The number of rotatable bonds is 5. The minimum absolute atomic E-state index is 0.168. The first kappa shape index (κ1) is 24.9. The molecule has 5 nitrogen and oxygen atoms in total. The standard InChI is InChI=1S/C22H21F3N4OS.C2H6/c1-14-20(31-29-10-8-16(13-29)22(23,24)25)11-19(28(14)2)21(30)27-12-15-5-3-7-18-17(15)6-4-9-26-18;1-2/h3-9,11H,10,12-13H2,1-2H3,(H,27,30);1-2H3. The van der Waals surface area contributed by atoms with Crippen molar-refractivity contribution in [3.63, 3.8) is 0 Å². The van der Waals surface area contributed by atoms with E-state index in [2.05, 4.69) is 10.3 Å². The zero-order chi connectivity index (χ0) is 24.2. The van der Waals surface area contributed by atoms with Gasteiger partial charge in [-0.25, -0.2) is 4.31 Å². The molecule has 3 aromatic rings. The minimum Gasteiger partial charge on any atom is -0.347 e. The van der Waals surface area contributed by atoms with Gasteiger partial charge in [-0.1, -0.05) is 38.1 Å². The summed E-state index contributed by atoms with van der Waals surface area (Å²) >= 11 is 1.24. The van der Waals surface area contributed by atoms with E-state index >= 15 is 0 Å². The van der Waals surface area contributed by atoms with Crippen molar-refractivity contribution in [1.82, 2.24) is 19.2 Å². The monoisotopic (exact) mass is 476 g/mol. The van der Waals surface area contributed by atoms with Gasteiger partial charge in [-0.3, -0.25) is 9.78 Å². The number of aromatic nitrogens is 2. The van der Waals surface area contributed by atoms with Crippen LogP contribution in [-0.4, -0.2) is 39.0 Å². The molecule has 33 heavy (non-hydrogen) atoms. The quantitative estimate of drug-likeness (QED) is 0.382. The fourth-order valence-electron chi connectivity index (χ4n) is 3.51. The second-order valence-electron chi connectivity index (χ2n) is 7.35. The highest BCUT2D eigenvalue weighted by atomic mass is 32.2. The van der Waals surface area contributed by atoms with E-state index in [1.165, 1.54) is 18.0 Å². The summed E-state index contributed by atoms with van der Waals surface area (Å²) in [6.07, 6.45) is -1.37. The molecule has 0 aliphatic carbocycles. The molecular weight excluding hydrogens is 449 g/mol. The Morgan fingerprint density at radius 3 is 2.67 bits per heavy atom. The van der Waals surface area contributed by atoms with Crippen LogP contribution in [0.5, 0.6) is 0 Å². The fourth-order valence-corrected chi connectivity index (χ4v) is 4.58. The summed E-state index contributed by atoms with van der Waals surface area (Å²) < 4.78 is 42.0. The molecule has 0 unspecified atom stereocenters. The predicted molar refractivity (Wildman–Crippen MR) is 126 cm³/mol. The van der Waals surface area contributed by atoms with Crippen molar-refractivity contribution < 1.29 is 18.0 Å². The number of carbonyl (C=O) groups is 1. The number of nitrogens with one attached hydrogen (secondary N) is 1. The molecule has 2 aromatic heterocycles. The van der Waals surface area contributed by atoms with Crippen molar-refractivity contribution in [2.24, 2.45) is 7.05 Å². The van der Waals surface area contributed by atoms with E-state index in [4.69, 9.17) is 0 Å². The smallest absolute Gasteiger partial charge is 0.347 e. The van der Waals surface area contributed by atoms with E-state index in [0.717, 1.165) is 27.1 Å². The van der Waals surface area contributed by atoms with Gasteiger partial charge in [0.25, 0.3) is 5.91 Å². The lowest BCUT2D eigenvalue weighted by atomic mass is 10.1. The summed E-state index contributed by atoms with van der Waals surface area (Å²) in [6.45, 7) is 6.24. The number of alkyl halides is 3. The van der Waals surface area contributed by atoms with Crippen molar-refractivity contribution in [2.45, 2.75) is 38.4 Å². The molecule has 0 spiro atoms. The maximum atomic E-state index is 12.9. The molecule has 0 fully saturated rings. The highest BCUT2D eigenvalue weighted by molar-refractivity contribution is 7.97. The van der Waals surface area contributed by atoms with Gasteiger partial charge in [0.1, 0.15) is 5.69 Å². The number of halogens is 3. The Hall–Kier alpha value is -2.78. The summed E-state index contributed by atoms with van der Waals surface area (Å²) in [6, 6.07) is 11.3. The van der Waals surface area contributed by atoms with Crippen LogP contribution < -0.4 is 5.32 Å². The Kier molecular flexibility index (Phi) is 7.86. The second-order valence-corrected chi connectivity index (χ2v) is 8.49. The summed E-state index contributed by atoms with van der Waals surface area (Å²) in [5.41, 5.74) is 2.57. The number of pyridine rings is 1. The van der Waals surface area contributed by atoms with Crippen LogP contribution in [0.3, 0.4) is 0 Å². The number of fused-ring (bicyclic) bond motifs is 1. The molecule has 176 valence electrons. The summed E-state index contributed by atoms with van der Waals surface area (Å²) in [7, 11) is 1.78. The molecule has 0 radical (unpaired) electrons. The molecule has 1 N–H and O–H groups in total. The van der Waals surface area contributed by atoms with Crippen molar-refractivity contribution in [1.29, 1.82) is 0 Å². The first-order chi connectivity index (χ1) is 15.7. The Labute approximate surface area is 195 Å². The van der Waals surface area contributed by atoms with Crippen molar-refractivity contribution in [3.8, 4) is 0 Å². The van der Waals surface area contributed by atoms with Gasteiger partial charge in [0.05, 0.1) is 5.52 Å². The minimum atomic E-state index is -4.30. The molecular formula is C24H27F3N4OS. The maximum absolute atomic E-state index is 12.9. The number of benzene rings is 1. The van der Waals surface area contributed by atoms with E-state index in [9.17, 15) is 18.0 Å². The molecule has 1 aliphatic rings. The largest absolute Gasteiger partial charge is 0.413 e. The van der Waals surface area contributed by atoms with E-state index in [1.54, 1.807) is 28.2 Å². The van der Waals surface area contributed by atoms with Crippen molar-refractivity contribution in [2.75, 3.05) is 13.1 Å². The topological polar surface area (TPSA) is 50.2 Å². The van der Waals surface area contributed by atoms with Crippen LogP contribution in [0.15, 0.2) is 59.1 Å². The SMILES string of the molecule is CC.Cc1c(SN2CC=C(C(F)(F)F)C2)cc(C(=O)NCc2cccc3ncccc23)n1C. The first-order valence-corrected chi connectivity index (χ1v) is 11.5. The molecule has 0 saturated carbocycles. The number of amides is 1. The zero-order valence-electron chi connectivity index (χ0n) is 19.0. The van der Waals surface area contributed by atoms with Gasteiger partial charge in [0.15, 0.2) is 0 Å². The Balaban J connectivity index is 0.00000149. The highest BCUT2D eigenvalue weighted by Crippen LogP contribution is 2.35. The van der Waals surface area contributed by atoms with Crippen LogP contribution in [0.25, 0.3) is 10.9 Å². The van der Waals surface area contributed by atoms with Crippen LogP contribution in [0.2, 0.25) is 0 Å². The average molecular weight is 477 g/mol. The van der Waals surface area contributed by atoms with Crippen LogP contribution in [0.1, 0.15) is 35.6 Å². The third-order valence-electron chi connectivity index (χ3n) is 5.38. The molecule has 3 heterocycles. The van der Waals surface area contributed by atoms with Crippen LogP contribution >= 0.6 is 11.9 Å². The lowest BCUT2D eigenvalue weighted by Gasteiger charge is -2.15. The Morgan fingerprint density at radius 1 is 1.21 bits per heavy atom. The summed E-state index contributed by atoms with van der Waals surface area (Å²) in [5, 5.41) is 3.92. The molecule has 1 aromatic carbocycles. The second kappa shape index (κ2) is 10.4. The number of hydrogen-bond acceptors (Lipinski definition) is 4. The van der Waals surface area contributed by atoms with Crippen LogP contribution in [-0.2, 0) is 13.6 Å².